The molecule has 0 bridgehead atoms. The van der Waals surface area contributed by atoms with Gasteiger partial charge in [0, 0.05) is 31.8 Å². The summed E-state index contributed by atoms with van der Waals surface area (Å²) in [5.41, 5.74) is 2.13. The van der Waals surface area contributed by atoms with E-state index in [9.17, 15) is 18.5 Å². The minimum atomic E-state index is -2.18. The molecule has 1 atom stereocenters. The molecular weight excluding hydrogens is 404 g/mol. The Hall–Kier alpha value is -2.66. The lowest BCUT2D eigenvalue weighted by molar-refractivity contribution is -0.120. The van der Waals surface area contributed by atoms with Crippen molar-refractivity contribution in [2.24, 2.45) is 16.1 Å². The van der Waals surface area contributed by atoms with Crippen molar-refractivity contribution in [2.75, 3.05) is 31.6 Å². The quantitative estimate of drug-likeness (QED) is 0.676. The second-order valence-corrected chi connectivity index (χ2v) is 11.4. The standard InChI is InChI=1S/C22H23FN3O3P/c1-2-30(29)11-9-26(10-12-30)22(28)18-13-15(7-8-19(18)23)14-20-16-5-3-4-6-17(16)21(27)25-24-20/h3-8,13,17H,2,9-12,14H2,1H3. The predicted molar refractivity (Wildman–Crippen MR) is 113 cm³/mol. The predicted octanol–water partition coefficient (Wildman–Crippen LogP) is 4.20. The highest BCUT2D eigenvalue weighted by atomic mass is 31.2. The molecule has 0 N–H and O–H groups in total. The maximum Gasteiger partial charge on any atom is 0.275 e. The van der Waals surface area contributed by atoms with E-state index in [1.807, 2.05) is 19.1 Å². The second kappa shape index (κ2) is 8.23. The lowest BCUT2D eigenvalue weighted by Crippen LogP contribution is -2.40. The average molecular weight is 427 g/mol. The molecule has 0 saturated carbocycles. The van der Waals surface area contributed by atoms with E-state index in [4.69, 9.17) is 0 Å². The number of hydrogen-bond donors (Lipinski definition) is 0. The van der Waals surface area contributed by atoms with E-state index in [0.717, 1.165) is 5.57 Å². The van der Waals surface area contributed by atoms with Crippen LogP contribution in [0, 0.1) is 11.7 Å². The normalized spacial score (nSPS) is 22.4. The average Bonchev–Trinajstić information content (AvgIpc) is 2.77. The van der Waals surface area contributed by atoms with Crippen LogP contribution in [0.1, 0.15) is 22.8 Å². The number of amides is 2. The van der Waals surface area contributed by atoms with Gasteiger partial charge in [-0.05, 0) is 29.4 Å². The smallest absolute Gasteiger partial charge is 0.275 e. The Labute approximate surface area is 174 Å². The zero-order chi connectivity index (χ0) is 21.3. The molecule has 4 rings (SSSR count). The molecule has 0 aromatic heterocycles. The summed E-state index contributed by atoms with van der Waals surface area (Å²) in [4.78, 5) is 26.5. The number of rotatable bonds is 4. The summed E-state index contributed by atoms with van der Waals surface area (Å²) in [6, 6.07) is 4.45. The van der Waals surface area contributed by atoms with Gasteiger partial charge in [-0.1, -0.05) is 37.3 Å². The van der Waals surface area contributed by atoms with E-state index in [2.05, 4.69) is 10.2 Å². The van der Waals surface area contributed by atoms with Crippen LogP contribution in [0.4, 0.5) is 4.39 Å². The van der Waals surface area contributed by atoms with Crippen molar-refractivity contribution in [3.05, 3.63) is 70.7 Å². The topological polar surface area (TPSA) is 79.2 Å². The Bertz CT molecular complexity index is 1060. The van der Waals surface area contributed by atoms with Gasteiger partial charge in [0.1, 0.15) is 5.82 Å². The van der Waals surface area contributed by atoms with E-state index in [1.54, 1.807) is 29.2 Å². The molecule has 3 aliphatic rings. The molecular formula is C22H23FN3O3P. The number of benzene rings is 1. The zero-order valence-corrected chi connectivity index (χ0v) is 17.6. The number of halogens is 1. The molecule has 6 nitrogen and oxygen atoms in total. The van der Waals surface area contributed by atoms with Crippen LogP contribution in [0.5, 0.6) is 0 Å². The molecule has 156 valence electrons. The van der Waals surface area contributed by atoms with E-state index < -0.39 is 18.9 Å². The van der Waals surface area contributed by atoms with Crippen LogP contribution in [0.3, 0.4) is 0 Å². The molecule has 30 heavy (non-hydrogen) atoms. The second-order valence-electron chi connectivity index (χ2n) is 7.77. The fraction of sp³-hybridized carbons (Fsp3) is 0.364. The molecule has 1 aliphatic carbocycles. The van der Waals surface area contributed by atoms with Gasteiger partial charge in [0.05, 0.1) is 24.3 Å². The van der Waals surface area contributed by atoms with E-state index in [1.165, 1.54) is 6.07 Å². The van der Waals surface area contributed by atoms with Gasteiger partial charge in [0.25, 0.3) is 11.8 Å². The fourth-order valence-corrected chi connectivity index (χ4v) is 6.03. The van der Waals surface area contributed by atoms with Crippen LogP contribution in [-0.2, 0) is 15.8 Å². The van der Waals surface area contributed by atoms with Crippen molar-refractivity contribution in [1.82, 2.24) is 4.90 Å². The third-order valence-corrected chi connectivity index (χ3v) is 9.13. The number of allylic oxidation sites excluding steroid dienone is 4. The molecule has 1 aromatic carbocycles. The van der Waals surface area contributed by atoms with Gasteiger partial charge in [-0.2, -0.15) is 5.11 Å². The monoisotopic (exact) mass is 427 g/mol. The summed E-state index contributed by atoms with van der Waals surface area (Å²) in [5, 5.41) is 7.78. The maximum atomic E-state index is 14.5. The summed E-state index contributed by atoms with van der Waals surface area (Å²) < 4.78 is 27.0. The number of nitrogens with zero attached hydrogens (tertiary/aromatic N) is 3. The third-order valence-electron chi connectivity index (χ3n) is 5.95. The summed E-state index contributed by atoms with van der Waals surface area (Å²) in [7, 11) is -2.18. The molecule has 2 heterocycles. The molecule has 1 aromatic rings. The van der Waals surface area contributed by atoms with Crippen LogP contribution in [-0.4, -0.2) is 48.3 Å². The minimum Gasteiger partial charge on any atom is -0.338 e. The van der Waals surface area contributed by atoms with Gasteiger partial charge >= 0.3 is 0 Å². The van der Waals surface area contributed by atoms with Crippen LogP contribution >= 0.6 is 7.14 Å². The van der Waals surface area contributed by atoms with Crippen molar-refractivity contribution >= 4 is 19.0 Å². The molecule has 1 unspecified atom stereocenters. The molecule has 0 radical (unpaired) electrons. The first-order valence-corrected chi connectivity index (χ1v) is 12.3. The molecule has 2 amide bonds. The first-order valence-electron chi connectivity index (χ1n) is 10.1. The Morgan fingerprint density at radius 3 is 2.73 bits per heavy atom. The summed E-state index contributed by atoms with van der Waals surface area (Å²) in [6.07, 6.45) is 9.21. The number of carbonyl (C=O) groups excluding carboxylic acids is 2. The Kier molecular flexibility index (Phi) is 5.65. The number of azo groups is 1. The van der Waals surface area contributed by atoms with E-state index in [0.29, 0.717) is 49.3 Å². The first-order chi connectivity index (χ1) is 14.4. The van der Waals surface area contributed by atoms with Crippen molar-refractivity contribution in [1.29, 1.82) is 0 Å². The van der Waals surface area contributed by atoms with Crippen LogP contribution in [0.2, 0.25) is 0 Å². The lowest BCUT2D eigenvalue weighted by atomic mass is 9.89. The molecule has 1 saturated heterocycles. The van der Waals surface area contributed by atoms with Crippen molar-refractivity contribution in [2.45, 2.75) is 13.3 Å². The maximum absolute atomic E-state index is 14.5. The van der Waals surface area contributed by atoms with E-state index in [-0.39, 0.29) is 17.4 Å². The van der Waals surface area contributed by atoms with Gasteiger partial charge < -0.3 is 9.46 Å². The van der Waals surface area contributed by atoms with Crippen LogP contribution < -0.4 is 0 Å². The highest BCUT2D eigenvalue weighted by Crippen LogP contribution is 2.46. The van der Waals surface area contributed by atoms with Crippen molar-refractivity contribution in [3.63, 3.8) is 0 Å². The number of hydrogen-bond acceptors (Lipinski definition) is 4. The molecule has 8 heteroatoms. The Balaban J connectivity index is 1.56. The summed E-state index contributed by atoms with van der Waals surface area (Å²) >= 11 is 0. The number of carbonyl (C=O) groups is 2. The van der Waals surface area contributed by atoms with Crippen molar-refractivity contribution < 1.29 is 18.5 Å². The van der Waals surface area contributed by atoms with Gasteiger partial charge in [-0.15, -0.1) is 5.11 Å². The molecule has 0 spiro atoms. The van der Waals surface area contributed by atoms with Gasteiger partial charge in [-0.25, -0.2) is 4.39 Å². The fourth-order valence-electron chi connectivity index (χ4n) is 3.96. The van der Waals surface area contributed by atoms with Gasteiger partial charge in [0.2, 0.25) is 0 Å². The van der Waals surface area contributed by atoms with Crippen LogP contribution in [0.25, 0.3) is 0 Å². The van der Waals surface area contributed by atoms with Crippen LogP contribution in [0.15, 0.2) is 64.0 Å². The molecule has 2 aliphatic heterocycles. The highest BCUT2D eigenvalue weighted by Gasteiger charge is 2.31. The molecule has 1 fully saturated rings. The summed E-state index contributed by atoms with van der Waals surface area (Å²) in [6.45, 7) is 2.69. The highest BCUT2D eigenvalue weighted by molar-refractivity contribution is 7.64. The lowest BCUT2D eigenvalue weighted by Gasteiger charge is -2.32. The largest absolute Gasteiger partial charge is 0.338 e. The Morgan fingerprint density at radius 2 is 2.00 bits per heavy atom. The SMILES string of the molecule is CCP1(=O)CCN(C(=O)c2cc(CC3=C4C=CC=CC4C(=O)N=N3)ccc2F)CC1. The van der Waals surface area contributed by atoms with Crippen molar-refractivity contribution in [3.8, 4) is 0 Å². The number of fused-ring (bicyclic) bond motifs is 1. The Morgan fingerprint density at radius 1 is 1.23 bits per heavy atom. The van der Waals surface area contributed by atoms with Gasteiger partial charge in [-0.3, -0.25) is 9.59 Å². The third kappa shape index (κ3) is 3.99. The minimum absolute atomic E-state index is 0.00536. The van der Waals surface area contributed by atoms with Gasteiger partial charge in [0.15, 0.2) is 0 Å². The zero-order valence-electron chi connectivity index (χ0n) is 16.8. The first kappa shape index (κ1) is 20.6. The van der Waals surface area contributed by atoms with E-state index >= 15 is 0 Å². The summed E-state index contributed by atoms with van der Waals surface area (Å²) in [5.74, 6) is -1.71.